The smallest absolute Gasteiger partial charge is 0.220 e. The molecule has 0 radical (unpaired) electrons. The second-order valence-corrected chi connectivity index (χ2v) is 4.55. The zero-order valence-corrected chi connectivity index (χ0v) is 10.6. The van der Waals surface area contributed by atoms with Crippen LogP contribution in [0.15, 0.2) is 24.3 Å². The molecule has 4 heteroatoms. The summed E-state index contributed by atoms with van der Waals surface area (Å²) in [5.74, 6) is 0.121. The Morgan fingerprint density at radius 3 is 2.50 bits per heavy atom. The van der Waals surface area contributed by atoms with E-state index in [0.29, 0.717) is 12.2 Å². The van der Waals surface area contributed by atoms with Gasteiger partial charge in [0.15, 0.2) is 0 Å². The minimum Gasteiger partial charge on any atom is -0.354 e. The van der Waals surface area contributed by atoms with Crippen LogP contribution in [0.4, 0.5) is 5.69 Å². The maximum atomic E-state index is 11.5. The highest BCUT2D eigenvalue weighted by molar-refractivity contribution is 5.73. The molecule has 0 N–H and O–H groups in total. The number of amides is 1. The van der Waals surface area contributed by atoms with E-state index in [4.69, 9.17) is 5.26 Å². The van der Waals surface area contributed by atoms with Crippen LogP contribution < -0.4 is 4.90 Å². The number of nitrogens with zero attached hydrogens (tertiary/aromatic N) is 3. The predicted molar refractivity (Wildman–Crippen MR) is 70.0 cm³/mol. The van der Waals surface area contributed by atoms with Crippen molar-refractivity contribution in [3.8, 4) is 6.07 Å². The fourth-order valence-electron chi connectivity index (χ4n) is 2.17. The van der Waals surface area contributed by atoms with E-state index in [-0.39, 0.29) is 5.91 Å². The molecule has 1 aromatic carbocycles. The number of anilines is 1. The number of benzene rings is 1. The zero-order chi connectivity index (χ0) is 13.0. The highest BCUT2D eigenvalue weighted by atomic mass is 16.2. The summed E-state index contributed by atoms with van der Waals surface area (Å²) in [6.45, 7) is 4.04. The minimum absolute atomic E-state index is 0.121. The van der Waals surface area contributed by atoms with Gasteiger partial charge in [-0.05, 0) is 37.1 Å². The van der Waals surface area contributed by atoms with Crippen molar-refractivity contribution in [2.45, 2.75) is 19.8 Å². The third-order valence-electron chi connectivity index (χ3n) is 3.25. The molecule has 1 aliphatic heterocycles. The monoisotopic (exact) mass is 243 g/mol. The summed E-state index contributed by atoms with van der Waals surface area (Å²) in [6.07, 6.45) is 2.14. The highest BCUT2D eigenvalue weighted by Crippen LogP contribution is 2.18. The lowest BCUT2D eigenvalue weighted by Crippen LogP contribution is -2.39. The Morgan fingerprint density at radius 2 is 1.89 bits per heavy atom. The molecule has 0 atom stereocenters. The first-order valence-corrected chi connectivity index (χ1v) is 6.21. The Labute approximate surface area is 107 Å². The van der Waals surface area contributed by atoms with Crippen molar-refractivity contribution in [2.75, 3.05) is 24.7 Å². The van der Waals surface area contributed by atoms with Gasteiger partial charge in [-0.15, -0.1) is 0 Å². The van der Waals surface area contributed by atoms with E-state index in [1.807, 2.05) is 29.2 Å². The molecule has 94 valence electrons. The van der Waals surface area contributed by atoms with Crippen LogP contribution in [-0.4, -0.2) is 30.6 Å². The van der Waals surface area contributed by atoms with E-state index >= 15 is 0 Å². The van der Waals surface area contributed by atoms with Crippen LogP contribution in [-0.2, 0) is 4.79 Å². The average Bonchev–Trinajstić information content (AvgIpc) is 2.65. The second-order valence-electron chi connectivity index (χ2n) is 4.55. The fraction of sp³-hybridized carbons (Fsp3) is 0.429. The van der Waals surface area contributed by atoms with Crippen LogP contribution in [0.25, 0.3) is 0 Å². The van der Waals surface area contributed by atoms with Crippen LogP contribution in [0, 0.1) is 11.3 Å². The van der Waals surface area contributed by atoms with Crippen molar-refractivity contribution in [3.63, 3.8) is 0 Å². The lowest BCUT2D eigenvalue weighted by Gasteiger charge is -2.28. The van der Waals surface area contributed by atoms with E-state index < -0.39 is 0 Å². The Morgan fingerprint density at radius 1 is 1.22 bits per heavy atom. The molecule has 18 heavy (non-hydrogen) atoms. The lowest BCUT2D eigenvalue weighted by atomic mass is 10.2. The van der Waals surface area contributed by atoms with E-state index in [1.54, 1.807) is 6.92 Å². The molecular formula is C14H17N3O. The van der Waals surface area contributed by atoms with Crippen LogP contribution in [0.2, 0.25) is 0 Å². The summed E-state index contributed by atoms with van der Waals surface area (Å²) in [5, 5.41) is 8.78. The van der Waals surface area contributed by atoms with Gasteiger partial charge in [0.05, 0.1) is 18.3 Å². The van der Waals surface area contributed by atoms with Gasteiger partial charge in [-0.3, -0.25) is 4.79 Å². The van der Waals surface area contributed by atoms with Gasteiger partial charge < -0.3 is 9.80 Å². The maximum Gasteiger partial charge on any atom is 0.220 e. The van der Waals surface area contributed by atoms with Crippen molar-refractivity contribution >= 4 is 11.6 Å². The molecule has 0 aromatic heterocycles. The zero-order valence-electron chi connectivity index (χ0n) is 10.6. The van der Waals surface area contributed by atoms with E-state index in [9.17, 15) is 4.79 Å². The summed E-state index contributed by atoms with van der Waals surface area (Å²) >= 11 is 0. The first-order chi connectivity index (χ1) is 8.70. The summed E-state index contributed by atoms with van der Waals surface area (Å²) in [5.41, 5.74) is 1.74. The van der Waals surface area contributed by atoms with Gasteiger partial charge in [-0.1, -0.05) is 0 Å². The van der Waals surface area contributed by atoms with Crippen molar-refractivity contribution < 1.29 is 4.79 Å². The third kappa shape index (κ3) is 2.80. The molecule has 0 bridgehead atoms. The molecule has 1 aliphatic rings. The molecule has 1 saturated heterocycles. The summed E-state index contributed by atoms with van der Waals surface area (Å²) in [7, 11) is 0. The van der Waals surface area contributed by atoms with Crippen LogP contribution in [0.1, 0.15) is 25.3 Å². The Kier molecular flexibility index (Phi) is 3.83. The molecule has 1 aromatic rings. The molecule has 4 nitrogen and oxygen atoms in total. The van der Waals surface area contributed by atoms with Gasteiger partial charge in [0.1, 0.15) is 0 Å². The van der Waals surface area contributed by atoms with Gasteiger partial charge in [0.25, 0.3) is 0 Å². The van der Waals surface area contributed by atoms with E-state index in [1.165, 1.54) is 0 Å². The Hall–Kier alpha value is -2.02. The van der Waals surface area contributed by atoms with Gasteiger partial charge in [-0.25, -0.2) is 0 Å². The largest absolute Gasteiger partial charge is 0.354 e. The summed E-state index contributed by atoms with van der Waals surface area (Å²) in [6, 6.07) is 9.64. The van der Waals surface area contributed by atoms with Gasteiger partial charge in [-0.2, -0.15) is 5.26 Å². The minimum atomic E-state index is 0.121. The lowest BCUT2D eigenvalue weighted by molar-refractivity contribution is -0.128. The topological polar surface area (TPSA) is 47.3 Å². The molecule has 1 fully saturated rings. The first-order valence-electron chi connectivity index (χ1n) is 6.21. The quantitative estimate of drug-likeness (QED) is 0.757. The van der Waals surface area contributed by atoms with Crippen molar-refractivity contribution in [1.82, 2.24) is 4.90 Å². The molecule has 0 aliphatic carbocycles. The molecular weight excluding hydrogens is 226 g/mol. The van der Waals surface area contributed by atoms with Gasteiger partial charge in [0.2, 0.25) is 5.91 Å². The highest BCUT2D eigenvalue weighted by Gasteiger charge is 2.17. The van der Waals surface area contributed by atoms with Crippen LogP contribution in [0.5, 0.6) is 0 Å². The molecule has 2 rings (SSSR count). The van der Waals surface area contributed by atoms with Crippen molar-refractivity contribution in [2.24, 2.45) is 0 Å². The predicted octanol–water partition coefficient (Wildman–Crippen LogP) is 1.96. The number of carbonyl (C=O) groups excluding carboxylic acids is 1. The Bertz CT molecular complexity index is 461. The molecule has 1 amide bonds. The van der Waals surface area contributed by atoms with Crippen LogP contribution >= 0.6 is 0 Å². The van der Waals surface area contributed by atoms with E-state index in [2.05, 4.69) is 11.0 Å². The van der Waals surface area contributed by atoms with Gasteiger partial charge >= 0.3 is 0 Å². The summed E-state index contributed by atoms with van der Waals surface area (Å²) in [4.78, 5) is 15.5. The van der Waals surface area contributed by atoms with Gasteiger partial charge in [0, 0.05) is 25.7 Å². The maximum absolute atomic E-state index is 11.5. The normalized spacial score (nSPS) is 16.0. The number of hydrogen-bond acceptors (Lipinski definition) is 3. The first kappa shape index (κ1) is 12.4. The fourth-order valence-corrected chi connectivity index (χ4v) is 2.17. The standard InChI is InChI=1S/C14H17N3O/c1-12(18)16-8-2-3-9-17(11-16)14-6-4-13(10-15)5-7-14/h4-7H,2-3,8-9,11H2,1H3. The molecule has 0 unspecified atom stereocenters. The Balaban J connectivity index is 2.15. The number of hydrogen-bond donors (Lipinski definition) is 0. The summed E-state index contributed by atoms with van der Waals surface area (Å²) < 4.78 is 0. The molecule has 0 saturated carbocycles. The number of nitriles is 1. The molecule has 0 spiro atoms. The van der Waals surface area contributed by atoms with E-state index in [0.717, 1.165) is 31.6 Å². The second kappa shape index (κ2) is 5.54. The van der Waals surface area contributed by atoms with Crippen LogP contribution in [0.3, 0.4) is 0 Å². The SMILES string of the molecule is CC(=O)N1CCCCN(c2ccc(C#N)cc2)C1. The molecule has 1 heterocycles. The van der Waals surface area contributed by atoms with Crippen molar-refractivity contribution in [1.29, 1.82) is 5.26 Å². The number of carbonyl (C=O) groups is 1. The van der Waals surface area contributed by atoms with Crippen molar-refractivity contribution in [3.05, 3.63) is 29.8 Å². The average molecular weight is 243 g/mol. The number of rotatable bonds is 1. The third-order valence-corrected chi connectivity index (χ3v) is 3.25.